The van der Waals surface area contributed by atoms with Gasteiger partial charge in [-0.15, -0.1) is 0 Å². The highest BCUT2D eigenvalue weighted by molar-refractivity contribution is 7.90. The number of nitrogens with zero attached hydrogens (tertiary/aromatic N) is 1. The van der Waals surface area contributed by atoms with Crippen LogP contribution >= 0.6 is 0 Å². The lowest BCUT2D eigenvalue weighted by molar-refractivity contribution is 0.0566. The SMILES string of the molecule is CC(C)(C)CCCO[C@@H]1CCN(S(=O)(=O)C(C)(C)C)C1. The van der Waals surface area contributed by atoms with Crippen LogP contribution in [0.2, 0.25) is 0 Å². The summed E-state index contributed by atoms with van der Waals surface area (Å²) >= 11 is 0. The zero-order chi connectivity index (χ0) is 15.6. The molecule has 0 bridgehead atoms. The Morgan fingerprint density at radius 1 is 1.15 bits per heavy atom. The molecule has 0 N–H and O–H groups in total. The Morgan fingerprint density at radius 3 is 2.25 bits per heavy atom. The van der Waals surface area contributed by atoms with E-state index < -0.39 is 14.8 Å². The molecule has 1 rings (SSSR count). The van der Waals surface area contributed by atoms with Crippen molar-refractivity contribution < 1.29 is 13.2 Å². The quantitative estimate of drug-likeness (QED) is 0.734. The smallest absolute Gasteiger partial charge is 0.219 e. The third-order valence-corrected chi connectivity index (χ3v) is 6.21. The Labute approximate surface area is 124 Å². The van der Waals surface area contributed by atoms with E-state index >= 15 is 0 Å². The van der Waals surface area contributed by atoms with Crippen molar-refractivity contribution in [2.24, 2.45) is 5.41 Å². The minimum absolute atomic E-state index is 0.0621. The molecule has 4 nitrogen and oxygen atoms in total. The van der Waals surface area contributed by atoms with E-state index in [4.69, 9.17) is 4.74 Å². The first-order valence-electron chi connectivity index (χ1n) is 7.55. The van der Waals surface area contributed by atoms with Gasteiger partial charge < -0.3 is 4.74 Å². The fraction of sp³-hybridized carbons (Fsp3) is 1.00. The van der Waals surface area contributed by atoms with Crippen LogP contribution in [0.25, 0.3) is 0 Å². The molecule has 1 aliphatic heterocycles. The lowest BCUT2D eigenvalue weighted by Crippen LogP contribution is -2.42. The molecule has 1 fully saturated rings. The Kier molecular flexibility index (Phi) is 5.67. The second-order valence-electron chi connectivity index (χ2n) is 7.92. The fourth-order valence-corrected chi connectivity index (χ4v) is 3.77. The summed E-state index contributed by atoms with van der Waals surface area (Å²) < 4.78 is 31.4. The molecule has 0 spiro atoms. The van der Waals surface area contributed by atoms with Crippen LogP contribution in [0.4, 0.5) is 0 Å². The van der Waals surface area contributed by atoms with E-state index in [-0.39, 0.29) is 6.10 Å². The Hall–Kier alpha value is -0.130. The molecular formula is C15H31NO3S. The first-order valence-corrected chi connectivity index (χ1v) is 8.99. The number of ether oxygens (including phenoxy) is 1. The van der Waals surface area contributed by atoms with E-state index in [9.17, 15) is 8.42 Å². The highest BCUT2D eigenvalue weighted by Crippen LogP contribution is 2.26. The summed E-state index contributed by atoms with van der Waals surface area (Å²) in [5.41, 5.74) is 0.334. The van der Waals surface area contributed by atoms with Crippen molar-refractivity contribution in [1.29, 1.82) is 0 Å². The fourth-order valence-electron chi connectivity index (χ4n) is 2.29. The summed E-state index contributed by atoms with van der Waals surface area (Å²) in [6.07, 6.45) is 3.03. The molecule has 1 atom stereocenters. The van der Waals surface area contributed by atoms with E-state index in [1.165, 1.54) is 0 Å². The molecule has 0 saturated carbocycles. The summed E-state index contributed by atoms with van der Waals surface area (Å²) in [7, 11) is -3.21. The molecule has 1 aliphatic rings. The summed E-state index contributed by atoms with van der Waals surface area (Å²) in [6.45, 7) is 13.7. The van der Waals surface area contributed by atoms with Gasteiger partial charge in [-0.05, 0) is 45.4 Å². The number of hydrogen-bond donors (Lipinski definition) is 0. The molecule has 0 aromatic heterocycles. The van der Waals surface area contributed by atoms with Gasteiger partial charge in [-0.2, -0.15) is 4.31 Å². The molecule has 0 aromatic carbocycles. The Bertz CT molecular complexity index is 404. The number of rotatable bonds is 5. The van der Waals surface area contributed by atoms with Crippen LogP contribution in [-0.2, 0) is 14.8 Å². The maximum atomic E-state index is 12.3. The highest BCUT2D eigenvalue weighted by Gasteiger charge is 2.39. The second-order valence-corrected chi connectivity index (χ2v) is 10.6. The third-order valence-electron chi connectivity index (χ3n) is 3.65. The van der Waals surface area contributed by atoms with Crippen molar-refractivity contribution in [1.82, 2.24) is 4.31 Å². The van der Waals surface area contributed by atoms with E-state index in [1.807, 2.05) is 0 Å². The molecule has 1 saturated heterocycles. The van der Waals surface area contributed by atoms with Gasteiger partial charge in [-0.1, -0.05) is 20.8 Å². The van der Waals surface area contributed by atoms with Gasteiger partial charge in [0, 0.05) is 19.7 Å². The predicted octanol–water partition coefficient (Wildman–Crippen LogP) is 3.03. The van der Waals surface area contributed by atoms with Gasteiger partial charge in [0.15, 0.2) is 0 Å². The second kappa shape index (κ2) is 6.32. The van der Waals surface area contributed by atoms with Crippen LogP contribution in [-0.4, -0.2) is 43.3 Å². The van der Waals surface area contributed by atoms with Crippen molar-refractivity contribution in [3.63, 3.8) is 0 Å². The van der Waals surface area contributed by atoms with Gasteiger partial charge in [0.25, 0.3) is 0 Å². The lowest BCUT2D eigenvalue weighted by Gasteiger charge is -2.26. The van der Waals surface area contributed by atoms with E-state index in [1.54, 1.807) is 25.1 Å². The van der Waals surface area contributed by atoms with Crippen molar-refractivity contribution in [2.45, 2.75) is 71.7 Å². The van der Waals surface area contributed by atoms with Gasteiger partial charge in [0.05, 0.1) is 10.9 Å². The van der Waals surface area contributed by atoms with Crippen LogP contribution in [0.3, 0.4) is 0 Å². The van der Waals surface area contributed by atoms with Gasteiger partial charge in [-0.25, -0.2) is 8.42 Å². The third kappa shape index (κ3) is 5.01. The lowest BCUT2D eigenvalue weighted by atomic mass is 9.91. The summed E-state index contributed by atoms with van der Waals surface area (Å²) in [6, 6.07) is 0. The molecule has 120 valence electrons. The first kappa shape index (κ1) is 17.9. The van der Waals surface area contributed by atoms with Crippen LogP contribution in [0.15, 0.2) is 0 Å². The van der Waals surface area contributed by atoms with Crippen molar-refractivity contribution in [2.75, 3.05) is 19.7 Å². The minimum atomic E-state index is -3.21. The summed E-state index contributed by atoms with van der Waals surface area (Å²) in [5, 5.41) is 0. The molecule has 20 heavy (non-hydrogen) atoms. The highest BCUT2D eigenvalue weighted by atomic mass is 32.2. The molecule has 0 amide bonds. The summed E-state index contributed by atoms with van der Waals surface area (Å²) in [4.78, 5) is 0. The monoisotopic (exact) mass is 305 g/mol. The average molecular weight is 305 g/mol. The van der Waals surface area contributed by atoms with Gasteiger partial charge >= 0.3 is 0 Å². The van der Waals surface area contributed by atoms with E-state index in [2.05, 4.69) is 20.8 Å². The van der Waals surface area contributed by atoms with Crippen LogP contribution in [0, 0.1) is 5.41 Å². The van der Waals surface area contributed by atoms with Crippen molar-refractivity contribution in [3.05, 3.63) is 0 Å². The van der Waals surface area contributed by atoms with Crippen molar-refractivity contribution >= 4 is 10.0 Å². The van der Waals surface area contributed by atoms with Gasteiger partial charge in [0.1, 0.15) is 0 Å². The Morgan fingerprint density at radius 2 is 1.75 bits per heavy atom. The van der Waals surface area contributed by atoms with E-state index in [0.717, 1.165) is 25.9 Å². The number of sulfonamides is 1. The van der Waals surface area contributed by atoms with Gasteiger partial charge in [0.2, 0.25) is 10.0 Å². The molecule has 0 aliphatic carbocycles. The van der Waals surface area contributed by atoms with Crippen LogP contribution in [0.5, 0.6) is 0 Å². The summed E-state index contributed by atoms with van der Waals surface area (Å²) in [5.74, 6) is 0. The first-order chi connectivity index (χ1) is 8.93. The molecule has 0 unspecified atom stereocenters. The minimum Gasteiger partial charge on any atom is -0.377 e. The molecule has 0 aromatic rings. The Balaban J connectivity index is 2.38. The molecule has 0 radical (unpaired) electrons. The predicted molar refractivity (Wildman–Crippen MR) is 83.3 cm³/mol. The standard InChI is InChI=1S/C15H31NO3S/c1-14(2,3)9-7-11-19-13-8-10-16(12-13)20(17,18)15(4,5)6/h13H,7-12H2,1-6H3/t13-/m1/s1. The molecule has 1 heterocycles. The maximum absolute atomic E-state index is 12.3. The number of hydrogen-bond acceptors (Lipinski definition) is 3. The molecule has 5 heteroatoms. The van der Waals surface area contributed by atoms with Crippen LogP contribution < -0.4 is 0 Å². The topological polar surface area (TPSA) is 46.6 Å². The zero-order valence-corrected chi connectivity index (χ0v) is 14.7. The molecular weight excluding hydrogens is 274 g/mol. The van der Waals surface area contributed by atoms with Crippen molar-refractivity contribution in [3.8, 4) is 0 Å². The average Bonchev–Trinajstić information content (AvgIpc) is 2.70. The van der Waals surface area contributed by atoms with Gasteiger partial charge in [-0.3, -0.25) is 0 Å². The van der Waals surface area contributed by atoms with Crippen LogP contribution in [0.1, 0.15) is 60.8 Å². The maximum Gasteiger partial charge on any atom is 0.219 e. The largest absolute Gasteiger partial charge is 0.377 e. The zero-order valence-electron chi connectivity index (χ0n) is 13.9. The normalized spacial score (nSPS) is 22.4. The van der Waals surface area contributed by atoms with E-state index in [0.29, 0.717) is 18.5 Å².